The Morgan fingerprint density at radius 1 is 0.396 bits per heavy atom. The lowest BCUT2D eigenvalue weighted by Gasteiger charge is -2.06. The first-order chi connectivity index (χ1) is 26.2. The number of aromatic hydroxyl groups is 1. The SMILES string of the molecule is CCCCCCCCCCCCCCCCCCCCCCCCCCCCCCCCCCCCCCCCCC(=O)OCCc1ccc(O)cc1. The molecule has 1 N–H and O–H groups in total. The quantitative estimate of drug-likeness (QED) is 0.0536. The number of phenolic OH excluding ortho intramolecular Hbond substituents is 1. The summed E-state index contributed by atoms with van der Waals surface area (Å²) in [5.74, 6) is 0.188. The van der Waals surface area contributed by atoms with Crippen LogP contribution >= 0.6 is 0 Å². The van der Waals surface area contributed by atoms with Gasteiger partial charge in [0.2, 0.25) is 0 Å². The highest BCUT2D eigenvalue weighted by molar-refractivity contribution is 5.69. The number of carbonyl (C=O) groups excluding carboxylic acids is 1. The monoisotopic (exact) mass is 741 g/mol. The predicted octanol–water partition coefficient (Wildman–Crippen LogP) is 17.1. The van der Waals surface area contributed by atoms with Gasteiger partial charge in [0.25, 0.3) is 0 Å². The van der Waals surface area contributed by atoms with E-state index in [1.54, 1.807) is 12.1 Å². The first-order valence-corrected chi connectivity index (χ1v) is 24.2. The molecule has 0 spiro atoms. The Kier molecular flexibility index (Phi) is 38.9. The molecule has 310 valence electrons. The van der Waals surface area contributed by atoms with E-state index in [4.69, 9.17) is 4.74 Å². The fraction of sp³-hybridized carbons (Fsp3) is 0.860. The molecule has 1 rings (SSSR count). The number of ether oxygens (including phenoxy) is 1. The van der Waals surface area contributed by atoms with Gasteiger partial charge in [-0.15, -0.1) is 0 Å². The van der Waals surface area contributed by atoms with E-state index in [-0.39, 0.29) is 11.7 Å². The van der Waals surface area contributed by atoms with E-state index in [1.165, 1.54) is 238 Å². The molecule has 0 aliphatic carbocycles. The van der Waals surface area contributed by atoms with Gasteiger partial charge in [0.15, 0.2) is 0 Å². The predicted molar refractivity (Wildman–Crippen MR) is 233 cm³/mol. The summed E-state index contributed by atoms with van der Waals surface area (Å²) in [5.41, 5.74) is 1.08. The topological polar surface area (TPSA) is 46.5 Å². The van der Waals surface area contributed by atoms with Crippen molar-refractivity contribution in [3.8, 4) is 5.75 Å². The van der Waals surface area contributed by atoms with Crippen LogP contribution in [-0.2, 0) is 16.0 Å². The van der Waals surface area contributed by atoms with E-state index in [2.05, 4.69) is 6.92 Å². The highest BCUT2D eigenvalue weighted by atomic mass is 16.5. The molecule has 0 saturated heterocycles. The summed E-state index contributed by atoms with van der Waals surface area (Å²) in [7, 11) is 0. The van der Waals surface area contributed by atoms with Crippen molar-refractivity contribution in [1.29, 1.82) is 0 Å². The van der Waals surface area contributed by atoms with Crippen LogP contribution in [0, 0.1) is 0 Å². The molecular formula is C50H92O3. The first kappa shape index (κ1) is 49.5. The Morgan fingerprint density at radius 3 is 0.906 bits per heavy atom. The lowest BCUT2D eigenvalue weighted by molar-refractivity contribution is -0.143. The van der Waals surface area contributed by atoms with Gasteiger partial charge in [0.05, 0.1) is 6.61 Å². The number of rotatable bonds is 43. The average molecular weight is 741 g/mol. The Hall–Kier alpha value is -1.51. The van der Waals surface area contributed by atoms with E-state index < -0.39 is 0 Å². The molecule has 0 heterocycles. The molecule has 53 heavy (non-hydrogen) atoms. The summed E-state index contributed by atoms with van der Waals surface area (Å²) in [6.07, 6.45) is 56.8. The van der Waals surface area contributed by atoms with Crippen molar-refractivity contribution in [2.45, 2.75) is 270 Å². The van der Waals surface area contributed by atoms with E-state index in [0.717, 1.165) is 18.4 Å². The molecule has 0 saturated carbocycles. The van der Waals surface area contributed by atoms with Crippen molar-refractivity contribution < 1.29 is 14.6 Å². The normalized spacial score (nSPS) is 11.4. The summed E-state index contributed by atoms with van der Waals surface area (Å²) in [4.78, 5) is 11.9. The minimum atomic E-state index is -0.0784. The maximum Gasteiger partial charge on any atom is 0.305 e. The Balaban J connectivity index is 1.63. The molecule has 0 fully saturated rings. The zero-order valence-corrected chi connectivity index (χ0v) is 35.8. The van der Waals surface area contributed by atoms with Crippen LogP contribution in [0.4, 0.5) is 0 Å². The van der Waals surface area contributed by atoms with Crippen molar-refractivity contribution in [3.05, 3.63) is 29.8 Å². The number of hydrogen-bond donors (Lipinski definition) is 1. The molecule has 0 amide bonds. The Labute approximate surface area is 332 Å². The van der Waals surface area contributed by atoms with Crippen molar-refractivity contribution in [3.63, 3.8) is 0 Å². The summed E-state index contributed by atoms with van der Waals surface area (Å²) < 4.78 is 5.35. The molecule has 0 aromatic heterocycles. The summed E-state index contributed by atoms with van der Waals surface area (Å²) >= 11 is 0. The van der Waals surface area contributed by atoms with Gasteiger partial charge in [0, 0.05) is 12.8 Å². The van der Waals surface area contributed by atoms with Gasteiger partial charge in [-0.05, 0) is 24.1 Å². The maximum atomic E-state index is 11.9. The van der Waals surface area contributed by atoms with Crippen molar-refractivity contribution in [1.82, 2.24) is 0 Å². The van der Waals surface area contributed by atoms with Crippen molar-refractivity contribution in [2.75, 3.05) is 6.61 Å². The molecule has 0 aliphatic rings. The number of phenols is 1. The van der Waals surface area contributed by atoms with Crippen LogP contribution in [0.3, 0.4) is 0 Å². The number of esters is 1. The van der Waals surface area contributed by atoms with Gasteiger partial charge in [-0.3, -0.25) is 4.79 Å². The smallest absolute Gasteiger partial charge is 0.305 e. The fourth-order valence-corrected chi connectivity index (χ4v) is 7.90. The highest BCUT2D eigenvalue weighted by Gasteiger charge is 2.04. The van der Waals surface area contributed by atoms with Gasteiger partial charge in [-0.1, -0.05) is 263 Å². The van der Waals surface area contributed by atoms with Crippen LogP contribution in [0.15, 0.2) is 24.3 Å². The van der Waals surface area contributed by atoms with Crippen LogP contribution in [-0.4, -0.2) is 17.7 Å². The van der Waals surface area contributed by atoms with E-state index >= 15 is 0 Å². The van der Waals surface area contributed by atoms with E-state index in [9.17, 15) is 9.90 Å². The second-order valence-electron chi connectivity index (χ2n) is 16.8. The molecule has 1 aromatic carbocycles. The van der Waals surface area contributed by atoms with Gasteiger partial charge < -0.3 is 9.84 Å². The van der Waals surface area contributed by atoms with Gasteiger partial charge in [-0.2, -0.15) is 0 Å². The number of unbranched alkanes of at least 4 members (excludes halogenated alkanes) is 38. The Morgan fingerprint density at radius 2 is 0.642 bits per heavy atom. The van der Waals surface area contributed by atoms with Crippen LogP contribution in [0.1, 0.15) is 269 Å². The van der Waals surface area contributed by atoms with E-state index in [1.807, 2.05) is 12.1 Å². The van der Waals surface area contributed by atoms with E-state index in [0.29, 0.717) is 19.4 Å². The Bertz CT molecular complexity index is 849. The lowest BCUT2D eigenvalue weighted by atomic mass is 10.0. The summed E-state index contributed by atoms with van der Waals surface area (Å²) in [6, 6.07) is 7.08. The van der Waals surface area contributed by atoms with Gasteiger partial charge in [0.1, 0.15) is 5.75 Å². The molecule has 0 unspecified atom stereocenters. The summed E-state index contributed by atoms with van der Waals surface area (Å²) in [6.45, 7) is 2.73. The van der Waals surface area contributed by atoms with Crippen LogP contribution in [0.25, 0.3) is 0 Å². The van der Waals surface area contributed by atoms with Crippen molar-refractivity contribution >= 4 is 5.97 Å². The standard InChI is InChI=1S/C50H92O3/c1-2-3-4-5-6-7-8-9-10-11-12-13-14-15-16-17-18-19-20-21-22-23-24-25-26-27-28-29-30-31-32-33-34-35-36-37-38-39-40-41-50(52)53-47-46-48-42-44-49(51)45-43-48/h42-45,51H,2-41,46-47H2,1H3. The first-order valence-electron chi connectivity index (χ1n) is 24.2. The molecule has 3 heteroatoms. The molecule has 3 nitrogen and oxygen atoms in total. The minimum Gasteiger partial charge on any atom is -0.508 e. The van der Waals surface area contributed by atoms with Crippen molar-refractivity contribution in [2.24, 2.45) is 0 Å². The number of benzene rings is 1. The van der Waals surface area contributed by atoms with Crippen LogP contribution in [0.5, 0.6) is 5.75 Å². The third kappa shape index (κ3) is 38.6. The molecule has 1 aromatic rings. The second kappa shape index (κ2) is 41.6. The fourth-order valence-electron chi connectivity index (χ4n) is 7.90. The van der Waals surface area contributed by atoms with Crippen LogP contribution < -0.4 is 0 Å². The molecular weight excluding hydrogens is 649 g/mol. The van der Waals surface area contributed by atoms with Gasteiger partial charge in [-0.25, -0.2) is 0 Å². The summed E-state index contributed by atoms with van der Waals surface area (Å²) in [5, 5.41) is 9.33. The third-order valence-corrected chi connectivity index (χ3v) is 11.6. The molecule has 0 atom stereocenters. The number of hydrogen-bond acceptors (Lipinski definition) is 3. The molecule has 0 aliphatic heterocycles. The number of carbonyl (C=O) groups is 1. The molecule has 0 radical (unpaired) electrons. The zero-order chi connectivity index (χ0) is 38.0. The third-order valence-electron chi connectivity index (χ3n) is 11.6. The largest absolute Gasteiger partial charge is 0.508 e. The molecule has 0 bridgehead atoms. The average Bonchev–Trinajstić information content (AvgIpc) is 3.16. The highest BCUT2D eigenvalue weighted by Crippen LogP contribution is 2.18. The lowest BCUT2D eigenvalue weighted by Crippen LogP contribution is -2.07. The second-order valence-corrected chi connectivity index (χ2v) is 16.8. The van der Waals surface area contributed by atoms with Gasteiger partial charge >= 0.3 is 5.97 Å². The van der Waals surface area contributed by atoms with Crippen LogP contribution in [0.2, 0.25) is 0 Å². The zero-order valence-electron chi connectivity index (χ0n) is 35.8. The maximum absolute atomic E-state index is 11.9. The minimum absolute atomic E-state index is 0.0784.